The molecular formula is C14H13F2NO4. The van der Waals surface area contributed by atoms with Crippen molar-refractivity contribution in [1.29, 1.82) is 0 Å². The number of nitrogens with one attached hydrogen (secondary N) is 1. The van der Waals surface area contributed by atoms with Crippen LogP contribution in [0.25, 0.3) is 0 Å². The smallest absolute Gasteiger partial charge is 0.340 e. The Hall–Kier alpha value is -2.41. The second-order valence-corrected chi connectivity index (χ2v) is 4.18. The van der Waals surface area contributed by atoms with E-state index in [-0.39, 0.29) is 24.4 Å². The number of carbonyl (C=O) groups is 1. The number of methoxy groups -OCH3 is 1. The summed E-state index contributed by atoms with van der Waals surface area (Å²) in [6.45, 7) is -0.124. The van der Waals surface area contributed by atoms with Gasteiger partial charge in [0.15, 0.2) is 0 Å². The summed E-state index contributed by atoms with van der Waals surface area (Å²) in [7, 11) is 1.11. The highest BCUT2D eigenvalue weighted by molar-refractivity contribution is 5.90. The van der Waals surface area contributed by atoms with Gasteiger partial charge in [-0.1, -0.05) is 0 Å². The predicted molar refractivity (Wildman–Crippen MR) is 69.7 cm³/mol. The van der Waals surface area contributed by atoms with Crippen LogP contribution >= 0.6 is 0 Å². The van der Waals surface area contributed by atoms with E-state index in [1.807, 2.05) is 0 Å². The molecule has 0 fully saturated rings. The maximum atomic E-state index is 13.6. The molecule has 0 atom stereocenters. The molecule has 1 aromatic heterocycles. The van der Waals surface area contributed by atoms with Crippen molar-refractivity contribution in [2.45, 2.75) is 13.2 Å². The molecule has 0 saturated carbocycles. The summed E-state index contributed by atoms with van der Waals surface area (Å²) >= 11 is 0. The van der Waals surface area contributed by atoms with Crippen LogP contribution in [0.2, 0.25) is 0 Å². The van der Waals surface area contributed by atoms with E-state index in [2.05, 4.69) is 10.1 Å². The molecule has 0 amide bonds. The van der Waals surface area contributed by atoms with Crippen LogP contribution < -0.4 is 5.32 Å². The second-order valence-electron chi connectivity index (χ2n) is 4.18. The molecule has 0 aliphatic carbocycles. The number of rotatable bonds is 5. The van der Waals surface area contributed by atoms with Crippen LogP contribution in [0.1, 0.15) is 21.9 Å². The number of ether oxygens (including phenoxy) is 1. The van der Waals surface area contributed by atoms with Crippen LogP contribution in [0.3, 0.4) is 0 Å². The first-order valence-corrected chi connectivity index (χ1v) is 6.04. The summed E-state index contributed by atoms with van der Waals surface area (Å²) in [6, 6.07) is 4.83. The van der Waals surface area contributed by atoms with Gasteiger partial charge in [-0.15, -0.1) is 0 Å². The minimum absolute atomic E-state index is 0.0567. The zero-order chi connectivity index (χ0) is 15.4. The number of anilines is 1. The van der Waals surface area contributed by atoms with E-state index in [9.17, 15) is 13.6 Å². The number of aliphatic hydroxyl groups excluding tert-OH is 1. The average molecular weight is 297 g/mol. The largest absolute Gasteiger partial charge is 0.465 e. The van der Waals surface area contributed by atoms with Crippen LogP contribution in [0.15, 0.2) is 28.7 Å². The van der Waals surface area contributed by atoms with Gasteiger partial charge in [-0.05, 0) is 18.2 Å². The molecule has 1 heterocycles. The maximum absolute atomic E-state index is 13.6. The quantitative estimate of drug-likeness (QED) is 0.829. The highest BCUT2D eigenvalue weighted by Crippen LogP contribution is 2.21. The molecule has 0 radical (unpaired) electrons. The lowest BCUT2D eigenvalue weighted by Crippen LogP contribution is -2.08. The van der Waals surface area contributed by atoms with Crippen molar-refractivity contribution in [3.63, 3.8) is 0 Å². The minimum Gasteiger partial charge on any atom is -0.465 e. The van der Waals surface area contributed by atoms with Crippen LogP contribution in [0.5, 0.6) is 0 Å². The first kappa shape index (κ1) is 15.0. The third kappa shape index (κ3) is 3.38. The number of hydrogen-bond donors (Lipinski definition) is 2. The Morgan fingerprint density at radius 2 is 2.00 bits per heavy atom. The van der Waals surface area contributed by atoms with Crippen molar-refractivity contribution in [1.82, 2.24) is 0 Å². The molecule has 1 aromatic carbocycles. The third-order valence-corrected chi connectivity index (χ3v) is 2.79. The molecule has 21 heavy (non-hydrogen) atoms. The van der Waals surface area contributed by atoms with Gasteiger partial charge in [0.25, 0.3) is 0 Å². The molecule has 0 saturated heterocycles. The van der Waals surface area contributed by atoms with Gasteiger partial charge in [-0.25, -0.2) is 13.6 Å². The van der Waals surface area contributed by atoms with Crippen molar-refractivity contribution < 1.29 is 27.8 Å². The van der Waals surface area contributed by atoms with Crippen LogP contribution in [-0.4, -0.2) is 18.2 Å². The van der Waals surface area contributed by atoms with Crippen molar-refractivity contribution in [3.8, 4) is 0 Å². The van der Waals surface area contributed by atoms with Gasteiger partial charge >= 0.3 is 5.97 Å². The fraction of sp³-hybridized carbons (Fsp3) is 0.214. The number of hydrogen-bond acceptors (Lipinski definition) is 5. The Labute approximate surface area is 119 Å². The number of esters is 1. The molecule has 0 aliphatic rings. The van der Waals surface area contributed by atoms with Crippen molar-refractivity contribution in [2.75, 3.05) is 12.4 Å². The molecule has 2 N–H and O–H groups in total. The lowest BCUT2D eigenvalue weighted by molar-refractivity contribution is 0.0595. The first-order valence-electron chi connectivity index (χ1n) is 6.04. The van der Waals surface area contributed by atoms with E-state index in [1.54, 1.807) is 12.1 Å². The van der Waals surface area contributed by atoms with E-state index in [1.165, 1.54) is 0 Å². The Morgan fingerprint density at radius 1 is 1.29 bits per heavy atom. The molecule has 0 aliphatic heterocycles. The Bertz CT molecular complexity index is 654. The number of benzene rings is 1. The highest BCUT2D eigenvalue weighted by Gasteiger charge is 2.16. The minimum atomic E-state index is -0.995. The first-order chi connectivity index (χ1) is 10.0. The Morgan fingerprint density at radius 3 is 2.62 bits per heavy atom. The van der Waals surface area contributed by atoms with Crippen LogP contribution in [0, 0.1) is 11.6 Å². The van der Waals surface area contributed by atoms with Gasteiger partial charge in [-0.3, -0.25) is 0 Å². The monoisotopic (exact) mass is 297 g/mol. The van der Waals surface area contributed by atoms with Crippen molar-refractivity contribution in [3.05, 3.63) is 53.0 Å². The normalized spacial score (nSPS) is 10.5. The third-order valence-electron chi connectivity index (χ3n) is 2.79. The van der Waals surface area contributed by atoms with E-state index < -0.39 is 17.6 Å². The topological polar surface area (TPSA) is 71.7 Å². The fourth-order valence-corrected chi connectivity index (χ4v) is 1.74. The van der Waals surface area contributed by atoms with Gasteiger partial charge in [0, 0.05) is 6.07 Å². The van der Waals surface area contributed by atoms with Gasteiger partial charge in [-0.2, -0.15) is 0 Å². The molecule has 112 valence electrons. The van der Waals surface area contributed by atoms with Gasteiger partial charge in [0.2, 0.25) is 0 Å². The molecule has 2 aromatic rings. The van der Waals surface area contributed by atoms with Crippen LogP contribution in [-0.2, 0) is 17.9 Å². The van der Waals surface area contributed by atoms with Crippen molar-refractivity contribution in [2.24, 2.45) is 0 Å². The summed E-state index contributed by atoms with van der Waals surface area (Å²) in [4.78, 5) is 11.4. The number of furan rings is 1. The van der Waals surface area contributed by atoms with E-state index in [4.69, 9.17) is 9.52 Å². The molecule has 0 unspecified atom stereocenters. The van der Waals surface area contributed by atoms with E-state index in [0.29, 0.717) is 17.6 Å². The standard InChI is InChI=1S/C14H13F2NO4/c1-20-14(19)10-4-13(12(16)5-11(10)15)17-6-8-2-3-9(7-18)21-8/h2-5,17-18H,6-7H2,1H3. The molecule has 2 rings (SSSR count). The lowest BCUT2D eigenvalue weighted by Gasteiger charge is -2.09. The summed E-state index contributed by atoms with van der Waals surface area (Å²) in [6.07, 6.45) is 0. The molecule has 5 nitrogen and oxygen atoms in total. The molecule has 7 heteroatoms. The predicted octanol–water partition coefficient (Wildman–Crippen LogP) is 2.45. The second kappa shape index (κ2) is 6.36. The molecule has 0 spiro atoms. The number of halogens is 2. The fourth-order valence-electron chi connectivity index (χ4n) is 1.74. The average Bonchev–Trinajstić information content (AvgIpc) is 2.93. The van der Waals surface area contributed by atoms with Gasteiger partial charge in [0.1, 0.15) is 29.8 Å². The Balaban J connectivity index is 2.17. The van der Waals surface area contributed by atoms with E-state index in [0.717, 1.165) is 13.2 Å². The zero-order valence-corrected chi connectivity index (χ0v) is 11.2. The molecular weight excluding hydrogens is 284 g/mol. The summed E-state index contributed by atoms with van der Waals surface area (Å²) < 4.78 is 36.7. The molecule has 0 bridgehead atoms. The van der Waals surface area contributed by atoms with Gasteiger partial charge in [0.05, 0.1) is 24.9 Å². The lowest BCUT2D eigenvalue weighted by atomic mass is 10.1. The SMILES string of the molecule is COC(=O)c1cc(NCc2ccc(CO)o2)c(F)cc1F. The van der Waals surface area contributed by atoms with E-state index >= 15 is 0 Å². The van der Waals surface area contributed by atoms with Crippen molar-refractivity contribution >= 4 is 11.7 Å². The van der Waals surface area contributed by atoms with Crippen LogP contribution in [0.4, 0.5) is 14.5 Å². The summed E-state index contributed by atoms with van der Waals surface area (Å²) in [5.74, 6) is -1.89. The Kier molecular flexibility index (Phi) is 4.54. The number of carbonyl (C=O) groups excluding carboxylic acids is 1. The summed E-state index contributed by atoms with van der Waals surface area (Å²) in [5.41, 5.74) is -0.421. The highest BCUT2D eigenvalue weighted by atomic mass is 19.1. The number of aliphatic hydroxyl groups is 1. The zero-order valence-electron chi connectivity index (χ0n) is 11.2. The maximum Gasteiger partial charge on any atom is 0.340 e. The van der Waals surface area contributed by atoms with Gasteiger partial charge < -0.3 is 19.6 Å². The summed E-state index contributed by atoms with van der Waals surface area (Å²) in [5, 5.41) is 11.6.